The van der Waals surface area contributed by atoms with Gasteiger partial charge in [-0.3, -0.25) is 18.6 Å². The molecule has 3 unspecified atom stereocenters. The molecule has 0 aliphatic rings. The molecular formula is C35H61O10P. The van der Waals surface area contributed by atoms with E-state index in [2.05, 4.69) is 55.5 Å². The number of allylic oxidation sites excluding steroid dienone is 8. The summed E-state index contributed by atoms with van der Waals surface area (Å²) in [7, 11) is -4.61. The maximum absolute atomic E-state index is 12.1. The Morgan fingerprint density at radius 3 is 1.48 bits per heavy atom. The summed E-state index contributed by atoms with van der Waals surface area (Å²) in [5.41, 5.74) is 0. The number of carbonyl (C=O) groups is 2. The summed E-state index contributed by atoms with van der Waals surface area (Å²) in [6, 6.07) is 0. The van der Waals surface area contributed by atoms with E-state index in [1.165, 1.54) is 25.7 Å². The Hall–Kier alpha value is -2.07. The fourth-order valence-corrected chi connectivity index (χ4v) is 4.92. The van der Waals surface area contributed by atoms with Crippen molar-refractivity contribution in [2.24, 2.45) is 0 Å². The lowest BCUT2D eigenvalue weighted by Crippen LogP contribution is -2.28. The van der Waals surface area contributed by atoms with Crippen molar-refractivity contribution >= 4 is 19.8 Å². The maximum Gasteiger partial charge on any atom is 0.472 e. The number of unbranched alkanes of at least 4 members (excludes halogenated alkanes) is 9. The highest BCUT2D eigenvalue weighted by molar-refractivity contribution is 7.47. The van der Waals surface area contributed by atoms with Crippen LogP contribution in [0.1, 0.15) is 123 Å². The molecule has 0 heterocycles. The number of hydrogen-bond donors (Lipinski definition) is 3. The minimum Gasteiger partial charge on any atom is -0.457 e. The van der Waals surface area contributed by atoms with Crippen LogP contribution in [0.2, 0.25) is 0 Å². The van der Waals surface area contributed by atoms with Gasteiger partial charge in [0.15, 0.2) is 0 Å². The van der Waals surface area contributed by atoms with Gasteiger partial charge < -0.3 is 24.6 Å². The molecule has 0 radical (unpaired) electrons. The largest absolute Gasteiger partial charge is 0.472 e. The first-order valence-electron chi connectivity index (χ1n) is 17.1. The zero-order chi connectivity index (χ0) is 34.1. The summed E-state index contributed by atoms with van der Waals surface area (Å²) in [6.07, 6.45) is 30.9. The van der Waals surface area contributed by atoms with Crippen LogP contribution in [-0.4, -0.2) is 65.7 Å². The number of carbonyl (C=O) groups excluding carboxylic acids is 2. The van der Waals surface area contributed by atoms with E-state index in [0.717, 1.165) is 57.8 Å². The highest BCUT2D eigenvalue weighted by Crippen LogP contribution is 2.43. The third kappa shape index (κ3) is 29.3. The van der Waals surface area contributed by atoms with Gasteiger partial charge in [-0.05, 0) is 51.4 Å². The fraction of sp³-hybridized carbons (Fsp3) is 0.714. The number of ether oxygens (including phenoxy) is 2. The summed E-state index contributed by atoms with van der Waals surface area (Å²) >= 11 is 0. The van der Waals surface area contributed by atoms with Crippen LogP contribution in [0, 0.1) is 0 Å². The molecule has 0 saturated heterocycles. The zero-order valence-electron chi connectivity index (χ0n) is 28.3. The van der Waals surface area contributed by atoms with Crippen molar-refractivity contribution in [3.8, 4) is 0 Å². The Bertz CT molecular complexity index is 915. The molecule has 0 aromatic carbocycles. The van der Waals surface area contributed by atoms with Gasteiger partial charge in [-0.1, -0.05) is 107 Å². The predicted molar refractivity (Wildman–Crippen MR) is 182 cm³/mol. The van der Waals surface area contributed by atoms with E-state index in [9.17, 15) is 29.3 Å². The van der Waals surface area contributed by atoms with E-state index in [1.54, 1.807) is 0 Å². The molecule has 266 valence electrons. The average molecular weight is 673 g/mol. The van der Waals surface area contributed by atoms with Crippen molar-refractivity contribution in [3.63, 3.8) is 0 Å². The van der Waals surface area contributed by atoms with Gasteiger partial charge in [0, 0.05) is 12.8 Å². The number of phosphoric acid groups is 1. The summed E-state index contributed by atoms with van der Waals surface area (Å²) in [6.45, 7) is 1.75. The van der Waals surface area contributed by atoms with Crippen LogP contribution >= 0.6 is 7.82 Å². The van der Waals surface area contributed by atoms with Gasteiger partial charge in [0.2, 0.25) is 0 Å². The Balaban J connectivity index is 3.86. The zero-order valence-corrected chi connectivity index (χ0v) is 29.2. The number of phosphoric ester groups is 1. The van der Waals surface area contributed by atoms with Crippen LogP contribution < -0.4 is 0 Å². The van der Waals surface area contributed by atoms with Crippen molar-refractivity contribution in [2.75, 3.05) is 26.4 Å². The highest BCUT2D eigenvalue weighted by Gasteiger charge is 2.27. The minimum absolute atomic E-state index is 0.165. The van der Waals surface area contributed by atoms with Gasteiger partial charge in [-0.25, -0.2) is 4.57 Å². The van der Waals surface area contributed by atoms with Crippen molar-refractivity contribution in [1.82, 2.24) is 0 Å². The summed E-state index contributed by atoms with van der Waals surface area (Å²) in [4.78, 5) is 33.7. The molecule has 3 N–H and O–H groups in total. The van der Waals surface area contributed by atoms with Crippen LogP contribution in [0.3, 0.4) is 0 Å². The first-order valence-corrected chi connectivity index (χ1v) is 18.6. The number of hydrogen-bond acceptors (Lipinski definition) is 9. The van der Waals surface area contributed by atoms with Crippen LogP contribution in [0.4, 0.5) is 0 Å². The molecule has 0 bridgehead atoms. The summed E-state index contributed by atoms with van der Waals surface area (Å²) in [5, 5.41) is 18.8. The van der Waals surface area contributed by atoms with E-state index < -0.39 is 58.4 Å². The molecule has 0 aromatic heterocycles. The second-order valence-corrected chi connectivity index (χ2v) is 12.6. The normalized spacial score (nSPS) is 14.8. The van der Waals surface area contributed by atoms with Gasteiger partial charge in [0.25, 0.3) is 0 Å². The fourth-order valence-electron chi connectivity index (χ4n) is 4.14. The molecule has 46 heavy (non-hydrogen) atoms. The molecule has 0 saturated carbocycles. The van der Waals surface area contributed by atoms with E-state index in [-0.39, 0.29) is 12.8 Å². The Kier molecular flexibility index (Phi) is 30.1. The monoisotopic (exact) mass is 672 g/mol. The first-order chi connectivity index (χ1) is 22.3. The van der Waals surface area contributed by atoms with Gasteiger partial charge >= 0.3 is 19.8 Å². The molecule has 0 aromatic rings. The van der Waals surface area contributed by atoms with Gasteiger partial charge in [-0.2, -0.15) is 0 Å². The Morgan fingerprint density at radius 1 is 0.609 bits per heavy atom. The van der Waals surface area contributed by atoms with Crippen LogP contribution in [-0.2, 0) is 32.7 Å². The molecule has 0 aliphatic heterocycles. The van der Waals surface area contributed by atoms with Gasteiger partial charge in [0.05, 0.1) is 26.4 Å². The second-order valence-electron chi connectivity index (χ2n) is 11.1. The molecule has 0 rings (SSSR count). The molecule has 0 aliphatic carbocycles. The van der Waals surface area contributed by atoms with Gasteiger partial charge in [0.1, 0.15) is 12.2 Å². The smallest absolute Gasteiger partial charge is 0.457 e. The van der Waals surface area contributed by atoms with E-state index in [4.69, 9.17) is 18.5 Å². The third-order valence-electron chi connectivity index (χ3n) is 6.81. The standard InChI is InChI=1S/C35H61O10P/c1-3-5-7-8-9-10-11-12-13-14-15-16-17-18-19-20-21-22-23-24-25-27-35(39)45-33(29-37)31-43-46(40,41)42-30-32(28-36)44-34(38)26-6-4-2/h5,7,9-10,12-13,15-16,32-33,36-37H,3-4,6,8,11,14,17-31H2,1-2H3,(H,40,41)/b7-5-,10-9-,13-12-,16-15-. The quantitative estimate of drug-likeness (QED) is 0.0288. The summed E-state index contributed by atoms with van der Waals surface area (Å²) in [5.74, 6) is -1.07. The Morgan fingerprint density at radius 2 is 1.02 bits per heavy atom. The number of aliphatic hydroxyl groups is 2. The lowest BCUT2D eigenvalue weighted by Gasteiger charge is -2.20. The lowest BCUT2D eigenvalue weighted by molar-refractivity contribution is -0.153. The second kappa shape index (κ2) is 31.5. The first kappa shape index (κ1) is 43.9. The number of aliphatic hydroxyl groups excluding tert-OH is 2. The number of esters is 2. The molecule has 3 atom stereocenters. The average Bonchev–Trinajstić information content (AvgIpc) is 3.04. The van der Waals surface area contributed by atoms with Crippen LogP contribution in [0.25, 0.3) is 0 Å². The van der Waals surface area contributed by atoms with Gasteiger partial charge in [-0.15, -0.1) is 0 Å². The molecule has 0 fully saturated rings. The molecular weight excluding hydrogens is 611 g/mol. The summed E-state index contributed by atoms with van der Waals surface area (Å²) < 4.78 is 31.9. The third-order valence-corrected chi connectivity index (χ3v) is 7.76. The topological polar surface area (TPSA) is 149 Å². The van der Waals surface area contributed by atoms with E-state index in [1.807, 2.05) is 6.92 Å². The minimum atomic E-state index is -4.61. The molecule has 0 amide bonds. The van der Waals surface area contributed by atoms with Crippen molar-refractivity contribution in [1.29, 1.82) is 0 Å². The predicted octanol–water partition coefficient (Wildman–Crippen LogP) is 7.82. The molecule has 11 heteroatoms. The van der Waals surface area contributed by atoms with Crippen molar-refractivity contribution in [3.05, 3.63) is 48.6 Å². The van der Waals surface area contributed by atoms with E-state index in [0.29, 0.717) is 12.8 Å². The van der Waals surface area contributed by atoms with E-state index >= 15 is 0 Å². The molecule has 10 nitrogen and oxygen atoms in total. The lowest BCUT2D eigenvalue weighted by atomic mass is 10.1. The van der Waals surface area contributed by atoms with Crippen LogP contribution in [0.15, 0.2) is 48.6 Å². The van der Waals surface area contributed by atoms with Crippen molar-refractivity contribution in [2.45, 2.75) is 135 Å². The molecule has 0 spiro atoms. The SMILES string of the molecule is CC/C=C\C/C=C\C/C=C\C/C=C\CCCCCCCCCCC(=O)OC(CO)COP(=O)(O)OCC(CO)OC(=O)CCCC. The van der Waals surface area contributed by atoms with Crippen molar-refractivity contribution < 1.29 is 47.8 Å². The highest BCUT2D eigenvalue weighted by atomic mass is 31.2. The van der Waals surface area contributed by atoms with Crippen LogP contribution in [0.5, 0.6) is 0 Å². The Labute approximate surface area is 277 Å². The number of rotatable bonds is 31. The maximum atomic E-state index is 12.1.